The van der Waals surface area contributed by atoms with E-state index in [1.165, 1.54) is 0 Å². The van der Waals surface area contributed by atoms with Crippen LogP contribution < -0.4 is 5.32 Å². The van der Waals surface area contributed by atoms with Gasteiger partial charge < -0.3 is 15.2 Å². The van der Waals surface area contributed by atoms with E-state index in [0.717, 1.165) is 26.1 Å². The monoisotopic (exact) mass is 221 g/mol. The summed E-state index contributed by atoms with van der Waals surface area (Å²) in [4.78, 5) is 10.5. The van der Waals surface area contributed by atoms with Crippen molar-refractivity contribution >= 4 is 18.4 Å². The molecule has 3 atom stereocenters. The maximum atomic E-state index is 10.5. The highest BCUT2D eigenvalue weighted by atomic mass is 35.5. The molecule has 82 valence electrons. The topological polar surface area (TPSA) is 58.6 Å². The molecule has 2 rings (SSSR count). The van der Waals surface area contributed by atoms with Crippen molar-refractivity contribution in [1.29, 1.82) is 0 Å². The van der Waals surface area contributed by atoms with Gasteiger partial charge >= 0.3 is 5.97 Å². The van der Waals surface area contributed by atoms with Crippen LogP contribution in [0, 0.1) is 5.92 Å². The first-order valence-electron chi connectivity index (χ1n) is 4.79. The lowest BCUT2D eigenvalue weighted by Gasteiger charge is -2.39. The number of carboxylic acid groups (broad SMARTS) is 1. The molecule has 0 aliphatic carbocycles. The molecule has 0 aromatic carbocycles. The molecule has 14 heavy (non-hydrogen) atoms. The Morgan fingerprint density at radius 1 is 1.36 bits per heavy atom. The molecule has 4 nitrogen and oxygen atoms in total. The van der Waals surface area contributed by atoms with Crippen molar-refractivity contribution in [2.75, 3.05) is 13.2 Å². The molecule has 0 aromatic rings. The third-order valence-electron chi connectivity index (χ3n) is 2.81. The minimum absolute atomic E-state index is 0. The Hall–Kier alpha value is -0.320. The van der Waals surface area contributed by atoms with Crippen LogP contribution in [0.4, 0.5) is 0 Å². The zero-order chi connectivity index (χ0) is 9.26. The number of hydrogen-bond acceptors (Lipinski definition) is 3. The van der Waals surface area contributed by atoms with Gasteiger partial charge in [-0.25, -0.2) is 0 Å². The predicted molar refractivity (Wildman–Crippen MR) is 53.8 cm³/mol. The summed E-state index contributed by atoms with van der Waals surface area (Å²) in [6, 6.07) is 0.772. The van der Waals surface area contributed by atoms with Gasteiger partial charge in [0.05, 0.1) is 13.2 Å². The van der Waals surface area contributed by atoms with E-state index in [2.05, 4.69) is 5.32 Å². The van der Waals surface area contributed by atoms with E-state index in [4.69, 9.17) is 9.84 Å². The molecular weight excluding hydrogens is 206 g/mol. The third kappa shape index (κ3) is 2.83. The van der Waals surface area contributed by atoms with Crippen molar-refractivity contribution in [1.82, 2.24) is 5.32 Å². The Kier molecular flexibility index (Phi) is 4.16. The highest BCUT2D eigenvalue weighted by Crippen LogP contribution is 2.26. The molecule has 0 aromatic heterocycles. The highest BCUT2D eigenvalue weighted by Gasteiger charge is 2.32. The number of hydrogen-bond donors (Lipinski definition) is 2. The van der Waals surface area contributed by atoms with Gasteiger partial charge in [0.25, 0.3) is 0 Å². The van der Waals surface area contributed by atoms with Crippen LogP contribution in [0.2, 0.25) is 0 Å². The quantitative estimate of drug-likeness (QED) is 0.719. The van der Waals surface area contributed by atoms with E-state index in [0.29, 0.717) is 24.4 Å². The first-order chi connectivity index (χ1) is 6.24. The molecule has 0 radical (unpaired) electrons. The summed E-state index contributed by atoms with van der Waals surface area (Å²) < 4.78 is 5.38. The summed E-state index contributed by atoms with van der Waals surface area (Å²) in [5.41, 5.74) is 0. The summed E-state index contributed by atoms with van der Waals surface area (Å²) in [7, 11) is 0. The van der Waals surface area contributed by atoms with Crippen LogP contribution in [-0.4, -0.2) is 36.4 Å². The molecule has 0 amide bonds. The molecule has 2 saturated heterocycles. The fourth-order valence-electron chi connectivity index (χ4n) is 2.37. The number of fused-ring (bicyclic) bond motifs is 2. The van der Waals surface area contributed by atoms with E-state index in [1.807, 2.05) is 0 Å². The van der Waals surface area contributed by atoms with Crippen LogP contribution in [0.1, 0.15) is 19.3 Å². The normalized spacial score (nSPS) is 35.9. The lowest BCUT2D eigenvalue weighted by Crippen LogP contribution is -2.54. The van der Waals surface area contributed by atoms with Crippen molar-refractivity contribution in [3.05, 3.63) is 0 Å². The van der Waals surface area contributed by atoms with E-state index >= 15 is 0 Å². The number of carboxylic acids is 1. The molecule has 2 N–H and O–H groups in total. The smallest absolute Gasteiger partial charge is 0.303 e. The zero-order valence-corrected chi connectivity index (χ0v) is 8.76. The standard InChI is InChI=1S/C9H15NO3.ClH/c11-9(12)3-6-1-7-4-13-5-8(2-6)10-7;/h6-8,10H,1-5H2,(H,11,12);1H/t6?,7-,8+;. The Morgan fingerprint density at radius 3 is 2.43 bits per heavy atom. The number of aliphatic carboxylic acids is 1. The summed E-state index contributed by atoms with van der Waals surface area (Å²) >= 11 is 0. The minimum Gasteiger partial charge on any atom is -0.481 e. The summed E-state index contributed by atoms with van der Waals surface area (Å²) in [6.07, 6.45) is 2.21. The molecule has 2 aliphatic rings. The van der Waals surface area contributed by atoms with Gasteiger partial charge in [-0.1, -0.05) is 0 Å². The maximum Gasteiger partial charge on any atom is 0.303 e. The second-order valence-electron chi connectivity index (χ2n) is 4.03. The molecule has 2 heterocycles. The van der Waals surface area contributed by atoms with Crippen LogP contribution in [0.5, 0.6) is 0 Å². The van der Waals surface area contributed by atoms with Gasteiger partial charge in [0.2, 0.25) is 0 Å². The van der Waals surface area contributed by atoms with Gasteiger partial charge in [0, 0.05) is 18.5 Å². The molecule has 2 bridgehead atoms. The van der Waals surface area contributed by atoms with Crippen molar-refractivity contribution in [3.8, 4) is 0 Å². The first kappa shape index (κ1) is 11.8. The van der Waals surface area contributed by atoms with Gasteiger partial charge in [-0.3, -0.25) is 4.79 Å². The molecule has 1 unspecified atom stereocenters. The Bertz CT molecular complexity index is 200. The lowest BCUT2D eigenvalue weighted by molar-refractivity contribution is -0.138. The number of carbonyl (C=O) groups is 1. The maximum absolute atomic E-state index is 10.5. The van der Waals surface area contributed by atoms with Gasteiger partial charge in [-0.05, 0) is 18.8 Å². The molecule has 2 fully saturated rings. The van der Waals surface area contributed by atoms with E-state index in [1.54, 1.807) is 0 Å². The number of rotatable bonds is 2. The first-order valence-corrected chi connectivity index (χ1v) is 4.79. The average molecular weight is 222 g/mol. The van der Waals surface area contributed by atoms with E-state index < -0.39 is 5.97 Å². The predicted octanol–water partition coefficient (Wildman–Crippen LogP) is 0.650. The zero-order valence-electron chi connectivity index (χ0n) is 7.94. The lowest BCUT2D eigenvalue weighted by atomic mass is 9.85. The third-order valence-corrected chi connectivity index (χ3v) is 2.81. The van der Waals surface area contributed by atoms with Gasteiger partial charge in [-0.15, -0.1) is 12.4 Å². The van der Waals surface area contributed by atoms with Crippen LogP contribution in [0.3, 0.4) is 0 Å². The Morgan fingerprint density at radius 2 is 1.93 bits per heavy atom. The van der Waals surface area contributed by atoms with Gasteiger partial charge in [0.1, 0.15) is 0 Å². The number of halogens is 1. The number of ether oxygens (including phenoxy) is 1. The summed E-state index contributed by atoms with van der Waals surface area (Å²) in [6.45, 7) is 1.49. The van der Waals surface area contributed by atoms with Crippen LogP contribution in [-0.2, 0) is 9.53 Å². The fourth-order valence-corrected chi connectivity index (χ4v) is 2.37. The van der Waals surface area contributed by atoms with Crippen molar-refractivity contribution < 1.29 is 14.6 Å². The summed E-state index contributed by atoms with van der Waals surface area (Å²) in [5.74, 6) is -0.330. The highest BCUT2D eigenvalue weighted by molar-refractivity contribution is 5.85. The fraction of sp³-hybridized carbons (Fsp3) is 0.889. The van der Waals surface area contributed by atoms with Gasteiger partial charge in [0.15, 0.2) is 0 Å². The van der Waals surface area contributed by atoms with Crippen molar-refractivity contribution in [2.24, 2.45) is 5.92 Å². The molecule has 0 spiro atoms. The second kappa shape index (κ2) is 4.96. The largest absolute Gasteiger partial charge is 0.481 e. The summed E-state index contributed by atoms with van der Waals surface area (Å²) in [5, 5.41) is 12.1. The van der Waals surface area contributed by atoms with Crippen LogP contribution >= 0.6 is 12.4 Å². The molecule has 0 saturated carbocycles. The molecule has 5 heteroatoms. The van der Waals surface area contributed by atoms with Crippen LogP contribution in [0.15, 0.2) is 0 Å². The van der Waals surface area contributed by atoms with E-state index in [9.17, 15) is 4.79 Å². The molecule has 2 aliphatic heterocycles. The SMILES string of the molecule is Cl.O=C(O)CC1C[C@H]2COC[C@@H](C1)N2. The Balaban J connectivity index is 0.000000980. The number of morpholine rings is 1. The number of nitrogens with one attached hydrogen (secondary N) is 1. The van der Waals surface area contributed by atoms with Crippen molar-refractivity contribution in [2.45, 2.75) is 31.3 Å². The average Bonchev–Trinajstić information content (AvgIpc) is 2.01. The molecular formula is C9H16ClNO3. The van der Waals surface area contributed by atoms with Crippen molar-refractivity contribution in [3.63, 3.8) is 0 Å². The van der Waals surface area contributed by atoms with Gasteiger partial charge in [-0.2, -0.15) is 0 Å². The van der Waals surface area contributed by atoms with E-state index in [-0.39, 0.29) is 12.4 Å². The minimum atomic E-state index is -0.675. The van der Waals surface area contributed by atoms with Crippen LogP contribution in [0.25, 0.3) is 0 Å². The number of piperidine rings is 1. The second-order valence-corrected chi connectivity index (χ2v) is 4.03. The Labute approximate surface area is 89.4 Å².